The van der Waals surface area contributed by atoms with E-state index in [0.29, 0.717) is 0 Å². The predicted molar refractivity (Wildman–Crippen MR) is 44.0 cm³/mol. The first-order chi connectivity index (χ1) is 6.33. The Labute approximate surface area is 88.0 Å². The van der Waals surface area contributed by atoms with E-state index >= 15 is 0 Å². The summed E-state index contributed by atoms with van der Waals surface area (Å²) in [7, 11) is 0. The van der Waals surface area contributed by atoms with Crippen molar-refractivity contribution in [1.29, 1.82) is 0 Å². The lowest BCUT2D eigenvalue weighted by atomic mass is 10.8. The maximum atomic E-state index is 8.56. The van der Waals surface area contributed by atoms with Gasteiger partial charge >= 0.3 is 0 Å². The molecule has 0 aliphatic carbocycles. The van der Waals surface area contributed by atoms with Gasteiger partial charge in [0, 0.05) is 4.81 Å². The molecule has 0 aromatic heterocycles. The highest BCUT2D eigenvalue weighted by molar-refractivity contribution is 5.48. The van der Waals surface area contributed by atoms with E-state index in [1.807, 2.05) is 0 Å². The molecule has 1 heterocycles. The standard InChI is InChI=1S/C7H13N2O4.ClH/c10-3-5-12-9(13-6-4-11)2-1-8-7-9;/h1-2,7,10-11H,3-6H2;1H/q+1;/p-1. The Hall–Kier alpha value is -0.500. The molecule has 0 aromatic carbocycles. The van der Waals surface area contributed by atoms with Crippen molar-refractivity contribution in [2.75, 3.05) is 26.4 Å². The van der Waals surface area contributed by atoms with E-state index in [-0.39, 0.29) is 43.6 Å². The Bertz CT molecular complexity index is 188. The van der Waals surface area contributed by atoms with Crippen LogP contribution in [0.4, 0.5) is 0 Å². The summed E-state index contributed by atoms with van der Waals surface area (Å²) in [5.41, 5.74) is 0. The lowest BCUT2D eigenvalue weighted by molar-refractivity contribution is -1.15. The third kappa shape index (κ3) is 3.70. The van der Waals surface area contributed by atoms with E-state index < -0.39 is 0 Å². The van der Waals surface area contributed by atoms with Crippen molar-refractivity contribution < 1.29 is 37.1 Å². The van der Waals surface area contributed by atoms with Gasteiger partial charge in [-0.15, -0.1) is 0 Å². The quantitative estimate of drug-likeness (QED) is 0.454. The van der Waals surface area contributed by atoms with Crippen molar-refractivity contribution in [3.63, 3.8) is 0 Å². The number of quaternary nitrogens is 1. The first-order valence-electron chi connectivity index (χ1n) is 3.94. The summed E-state index contributed by atoms with van der Waals surface area (Å²) >= 11 is 0. The number of aliphatic hydroxyl groups excluding tert-OH is 2. The minimum absolute atomic E-state index is 0. The molecule has 2 N–H and O–H groups in total. The average molecular weight is 225 g/mol. The van der Waals surface area contributed by atoms with Gasteiger partial charge in [0.25, 0.3) is 6.34 Å². The van der Waals surface area contributed by atoms with Gasteiger partial charge in [0.05, 0.1) is 19.4 Å². The topological polar surface area (TPSA) is 71.3 Å². The van der Waals surface area contributed by atoms with Crippen LogP contribution in [0.15, 0.2) is 17.4 Å². The van der Waals surface area contributed by atoms with E-state index in [9.17, 15) is 0 Å². The second-order valence-corrected chi connectivity index (χ2v) is 2.32. The van der Waals surface area contributed by atoms with E-state index in [4.69, 9.17) is 19.9 Å². The SMILES string of the molecule is OCCO[N+]1(OCCO)C=CN=C1.[Cl-]. The van der Waals surface area contributed by atoms with Gasteiger partial charge in [-0.25, -0.2) is 4.99 Å². The highest BCUT2D eigenvalue weighted by Gasteiger charge is 2.30. The summed E-state index contributed by atoms with van der Waals surface area (Å²) in [5.74, 6) is 0. The maximum Gasteiger partial charge on any atom is 0.262 e. The number of hydroxylamine groups is 4. The number of aliphatic hydroxyl groups is 2. The van der Waals surface area contributed by atoms with E-state index in [2.05, 4.69) is 4.99 Å². The van der Waals surface area contributed by atoms with Gasteiger partial charge in [0.1, 0.15) is 13.2 Å². The Balaban J connectivity index is 0.00000169. The molecule has 1 rings (SSSR count). The largest absolute Gasteiger partial charge is 1.00 e. The zero-order valence-corrected chi connectivity index (χ0v) is 8.30. The number of halogens is 1. The number of nitrogens with zero attached hydrogens (tertiary/aromatic N) is 2. The summed E-state index contributed by atoms with van der Waals surface area (Å²) in [6.07, 6.45) is 4.51. The molecule has 6 nitrogen and oxygen atoms in total. The molecule has 0 bridgehead atoms. The summed E-state index contributed by atoms with van der Waals surface area (Å²) in [5, 5.41) is 17.1. The monoisotopic (exact) mass is 224 g/mol. The minimum atomic E-state index is -0.332. The fraction of sp³-hybridized carbons (Fsp3) is 0.571. The van der Waals surface area contributed by atoms with Crippen LogP contribution in [0.3, 0.4) is 0 Å². The molecule has 0 amide bonds. The molecule has 1 aliphatic heterocycles. The van der Waals surface area contributed by atoms with Crippen molar-refractivity contribution in [3.8, 4) is 0 Å². The fourth-order valence-corrected chi connectivity index (χ4v) is 0.858. The lowest BCUT2D eigenvalue weighted by Crippen LogP contribution is -3.00. The van der Waals surface area contributed by atoms with Crippen molar-refractivity contribution in [1.82, 2.24) is 0 Å². The second-order valence-electron chi connectivity index (χ2n) is 2.32. The van der Waals surface area contributed by atoms with Gasteiger partial charge < -0.3 is 22.6 Å². The van der Waals surface area contributed by atoms with Crippen LogP contribution in [0.25, 0.3) is 0 Å². The maximum absolute atomic E-state index is 8.56. The molecular weight excluding hydrogens is 212 g/mol. The van der Waals surface area contributed by atoms with E-state index in [1.54, 1.807) is 6.20 Å². The molecule has 14 heavy (non-hydrogen) atoms. The lowest BCUT2D eigenvalue weighted by Gasteiger charge is -2.20. The molecule has 7 heteroatoms. The molecule has 1 aliphatic rings. The van der Waals surface area contributed by atoms with Crippen molar-refractivity contribution in [2.45, 2.75) is 0 Å². The van der Waals surface area contributed by atoms with Crippen LogP contribution < -0.4 is 12.4 Å². The Kier molecular flexibility index (Phi) is 6.64. The molecule has 0 unspecified atom stereocenters. The van der Waals surface area contributed by atoms with Gasteiger partial charge in [-0.1, -0.05) is 0 Å². The van der Waals surface area contributed by atoms with Crippen molar-refractivity contribution in [2.24, 2.45) is 4.99 Å². The molecule has 0 radical (unpaired) electrons. The number of hydrogen-bond acceptors (Lipinski definition) is 5. The van der Waals surface area contributed by atoms with Crippen LogP contribution in [0.2, 0.25) is 0 Å². The van der Waals surface area contributed by atoms with Crippen LogP contribution in [-0.2, 0) is 9.68 Å². The normalized spacial score (nSPS) is 17.0. The van der Waals surface area contributed by atoms with Crippen LogP contribution in [0.1, 0.15) is 0 Å². The predicted octanol–water partition coefficient (Wildman–Crippen LogP) is -3.83. The highest BCUT2D eigenvalue weighted by Crippen LogP contribution is 2.12. The smallest absolute Gasteiger partial charge is 0.262 e. The number of rotatable bonds is 6. The van der Waals surface area contributed by atoms with E-state index in [1.165, 1.54) is 12.5 Å². The molecule has 0 atom stereocenters. The summed E-state index contributed by atoms with van der Waals surface area (Å²) in [6, 6.07) is 0. The molecule has 0 spiro atoms. The van der Waals surface area contributed by atoms with E-state index in [0.717, 1.165) is 0 Å². The van der Waals surface area contributed by atoms with Gasteiger partial charge in [0.2, 0.25) is 0 Å². The molecule has 0 saturated carbocycles. The van der Waals surface area contributed by atoms with Gasteiger partial charge in [0.15, 0.2) is 6.20 Å². The minimum Gasteiger partial charge on any atom is -1.00 e. The van der Waals surface area contributed by atoms with Crippen LogP contribution >= 0.6 is 0 Å². The first kappa shape index (κ1) is 13.5. The van der Waals surface area contributed by atoms with Crippen LogP contribution in [-0.4, -0.2) is 47.8 Å². The molecule has 0 fully saturated rings. The molecule has 0 aromatic rings. The number of hydrogen-bond donors (Lipinski definition) is 2. The van der Waals surface area contributed by atoms with Crippen LogP contribution in [0, 0.1) is 0 Å². The Morgan fingerprint density at radius 3 is 2.07 bits per heavy atom. The second kappa shape index (κ2) is 6.88. The Morgan fingerprint density at radius 2 is 1.71 bits per heavy atom. The van der Waals surface area contributed by atoms with Crippen molar-refractivity contribution in [3.05, 3.63) is 12.4 Å². The Morgan fingerprint density at radius 1 is 1.14 bits per heavy atom. The van der Waals surface area contributed by atoms with Gasteiger partial charge in [-0.2, -0.15) is 9.68 Å². The molecule has 82 valence electrons. The summed E-state index contributed by atoms with van der Waals surface area (Å²) in [4.78, 5) is 13.8. The van der Waals surface area contributed by atoms with Gasteiger partial charge in [-0.3, -0.25) is 0 Å². The third-order valence-corrected chi connectivity index (χ3v) is 1.36. The molecule has 0 saturated heterocycles. The summed E-state index contributed by atoms with van der Waals surface area (Å²) < 4.78 is 0. The fourth-order valence-electron chi connectivity index (χ4n) is 0.858. The van der Waals surface area contributed by atoms with Gasteiger partial charge in [-0.05, 0) is 0 Å². The zero-order chi connectivity index (χ0) is 9.57. The first-order valence-corrected chi connectivity index (χ1v) is 3.94. The third-order valence-electron chi connectivity index (χ3n) is 1.36. The average Bonchev–Trinajstić information content (AvgIpc) is 2.61. The van der Waals surface area contributed by atoms with Crippen molar-refractivity contribution >= 4 is 6.34 Å². The number of aliphatic imine (C=N–C) groups is 1. The molecular formula is C7H13ClN2O4. The summed E-state index contributed by atoms with van der Waals surface area (Å²) in [6.45, 7) is 0.0951. The highest BCUT2D eigenvalue weighted by atomic mass is 35.5. The zero-order valence-electron chi connectivity index (χ0n) is 7.54. The van der Waals surface area contributed by atoms with Crippen LogP contribution in [0.5, 0.6) is 0 Å².